The molecule has 15 heavy (non-hydrogen) atoms. The predicted molar refractivity (Wildman–Crippen MR) is 62.1 cm³/mol. The van der Waals surface area contributed by atoms with Gasteiger partial charge in [0.2, 0.25) is 0 Å². The zero-order chi connectivity index (χ0) is 11.3. The molecule has 1 aromatic rings. The van der Waals surface area contributed by atoms with E-state index < -0.39 is 0 Å². The molecular weight excluding hydrogens is 190 g/mol. The molecule has 84 valence electrons. The molecule has 1 rings (SSSR count). The highest BCUT2D eigenvalue weighted by atomic mass is 16.3. The molecule has 0 radical (unpaired) electrons. The van der Waals surface area contributed by atoms with Gasteiger partial charge in [0, 0.05) is 5.69 Å². The Morgan fingerprint density at radius 1 is 1.07 bits per heavy atom. The third-order valence-corrected chi connectivity index (χ3v) is 2.39. The molecule has 0 bridgehead atoms. The minimum atomic E-state index is -0.283. The molecule has 3 heteroatoms. The Balaban J connectivity index is 2.63. The fourth-order valence-corrected chi connectivity index (χ4v) is 1.35. The van der Waals surface area contributed by atoms with Crippen LogP contribution in [0.4, 0.5) is 5.69 Å². The van der Waals surface area contributed by atoms with Gasteiger partial charge in [-0.3, -0.25) is 0 Å². The maximum atomic E-state index is 8.91. The number of aliphatic hydroxyl groups is 2. The Bertz CT molecular complexity index is 278. The lowest BCUT2D eigenvalue weighted by Gasteiger charge is -2.15. The van der Waals surface area contributed by atoms with Crippen LogP contribution in [-0.4, -0.2) is 29.5 Å². The molecular formula is C12H19NO2. The van der Waals surface area contributed by atoms with Crippen molar-refractivity contribution >= 4 is 5.69 Å². The Hall–Kier alpha value is -1.06. The van der Waals surface area contributed by atoms with Gasteiger partial charge in [-0.25, -0.2) is 0 Å². The molecule has 3 nitrogen and oxygen atoms in total. The van der Waals surface area contributed by atoms with Gasteiger partial charge in [-0.2, -0.15) is 0 Å². The normalized spacial score (nSPS) is 11.1. The highest BCUT2D eigenvalue weighted by Crippen LogP contribution is 2.17. The molecule has 0 aliphatic rings. The average molecular weight is 209 g/mol. The number of aliphatic hydroxyl groups excluding tert-OH is 2. The fourth-order valence-electron chi connectivity index (χ4n) is 1.35. The topological polar surface area (TPSA) is 52.5 Å². The van der Waals surface area contributed by atoms with Crippen molar-refractivity contribution in [1.82, 2.24) is 0 Å². The van der Waals surface area contributed by atoms with Gasteiger partial charge in [0.25, 0.3) is 0 Å². The van der Waals surface area contributed by atoms with Crippen LogP contribution in [0.3, 0.4) is 0 Å². The molecule has 3 N–H and O–H groups in total. The summed E-state index contributed by atoms with van der Waals surface area (Å²) in [5.74, 6) is 0.519. The Morgan fingerprint density at radius 2 is 1.60 bits per heavy atom. The van der Waals surface area contributed by atoms with Crippen LogP contribution in [0.2, 0.25) is 0 Å². The van der Waals surface area contributed by atoms with Gasteiger partial charge in [-0.05, 0) is 23.6 Å². The first-order valence-corrected chi connectivity index (χ1v) is 5.25. The summed E-state index contributed by atoms with van der Waals surface area (Å²) < 4.78 is 0. The average Bonchev–Trinajstić information content (AvgIpc) is 2.26. The van der Waals surface area contributed by atoms with Crippen molar-refractivity contribution in [2.24, 2.45) is 0 Å². The van der Waals surface area contributed by atoms with E-state index in [9.17, 15) is 0 Å². The number of rotatable bonds is 5. The van der Waals surface area contributed by atoms with Crippen LogP contribution in [0, 0.1) is 0 Å². The van der Waals surface area contributed by atoms with Crippen molar-refractivity contribution in [3.63, 3.8) is 0 Å². The van der Waals surface area contributed by atoms with Crippen LogP contribution < -0.4 is 5.32 Å². The molecule has 0 aliphatic heterocycles. The highest BCUT2D eigenvalue weighted by molar-refractivity contribution is 5.46. The van der Waals surface area contributed by atoms with E-state index in [1.54, 1.807) is 0 Å². The van der Waals surface area contributed by atoms with Crippen LogP contribution in [0.5, 0.6) is 0 Å². The smallest absolute Gasteiger partial charge is 0.0723 e. The van der Waals surface area contributed by atoms with Crippen molar-refractivity contribution in [2.45, 2.75) is 25.8 Å². The number of benzene rings is 1. The highest BCUT2D eigenvalue weighted by Gasteiger charge is 2.05. The zero-order valence-corrected chi connectivity index (χ0v) is 9.27. The van der Waals surface area contributed by atoms with E-state index in [-0.39, 0.29) is 19.3 Å². The zero-order valence-electron chi connectivity index (χ0n) is 9.27. The van der Waals surface area contributed by atoms with Crippen LogP contribution in [0.25, 0.3) is 0 Å². The van der Waals surface area contributed by atoms with E-state index in [4.69, 9.17) is 10.2 Å². The molecule has 0 atom stereocenters. The third-order valence-electron chi connectivity index (χ3n) is 2.39. The first kappa shape index (κ1) is 12.0. The lowest BCUT2D eigenvalue weighted by molar-refractivity contribution is 0.204. The number of nitrogens with one attached hydrogen (secondary N) is 1. The minimum absolute atomic E-state index is 0.0670. The third kappa shape index (κ3) is 3.53. The Morgan fingerprint density at radius 3 is 2.00 bits per heavy atom. The summed E-state index contributed by atoms with van der Waals surface area (Å²) in [6.07, 6.45) is 0. The SMILES string of the molecule is CC(C)c1ccc(NC(CO)CO)cc1. The minimum Gasteiger partial charge on any atom is -0.394 e. The monoisotopic (exact) mass is 209 g/mol. The van der Waals surface area contributed by atoms with E-state index in [2.05, 4.69) is 31.3 Å². The van der Waals surface area contributed by atoms with Gasteiger partial charge < -0.3 is 15.5 Å². The molecule has 0 aliphatic carbocycles. The van der Waals surface area contributed by atoms with Crippen molar-refractivity contribution in [1.29, 1.82) is 0 Å². The van der Waals surface area contributed by atoms with E-state index in [1.165, 1.54) is 5.56 Å². The summed E-state index contributed by atoms with van der Waals surface area (Å²) in [4.78, 5) is 0. The van der Waals surface area contributed by atoms with Crippen LogP contribution in [0.1, 0.15) is 25.3 Å². The molecule has 0 aromatic heterocycles. The van der Waals surface area contributed by atoms with Gasteiger partial charge in [0.05, 0.1) is 19.3 Å². The summed E-state index contributed by atoms with van der Waals surface area (Å²) in [5.41, 5.74) is 2.21. The summed E-state index contributed by atoms with van der Waals surface area (Å²) in [7, 11) is 0. The first-order chi connectivity index (χ1) is 7.17. The van der Waals surface area contributed by atoms with Crippen LogP contribution in [0.15, 0.2) is 24.3 Å². The van der Waals surface area contributed by atoms with Gasteiger partial charge in [-0.1, -0.05) is 26.0 Å². The molecule has 0 heterocycles. The van der Waals surface area contributed by atoms with Crippen molar-refractivity contribution in [2.75, 3.05) is 18.5 Å². The summed E-state index contributed by atoms with van der Waals surface area (Å²) in [6.45, 7) is 4.16. The fraction of sp³-hybridized carbons (Fsp3) is 0.500. The van der Waals surface area contributed by atoms with E-state index in [0.717, 1.165) is 5.69 Å². The standard InChI is InChI=1S/C12H19NO2/c1-9(2)10-3-5-11(6-4-10)13-12(7-14)8-15/h3-6,9,12-15H,7-8H2,1-2H3. The molecule has 0 spiro atoms. The van der Waals surface area contributed by atoms with Crippen LogP contribution in [-0.2, 0) is 0 Å². The second-order valence-electron chi connectivity index (χ2n) is 3.98. The molecule has 0 saturated carbocycles. The summed E-state index contributed by atoms with van der Waals surface area (Å²) in [6, 6.07) is 7.76. The summed E-state index contributed by atoms with van der Waals surface area (Å²) in [5, 5.41) is 20.9. The van der Waals surface area contributed by atoms with Crippen LogP contribution >= 0.6 is 0 Å². The van der Waals surface area contributed by atoms with Crippen molar-refractivity contribution in [3.8, 4) is 0 Å². The van der Waals surface area contributed by atoms with Gasteiger partial charge >= 0.3 is 0 Å². The second kappa shape index (κ2) is 5.73. The quantitative estimate of drug-likeness (QED) is 0.690. The molecule has 0 unspecified atom stereocenters. The van der Waals surface area contributed by atoms with Crippen molar-refractivity contribution in [3.05, 3.63) is 29.8 Å². The molecule has 0 amide bonds. The summed E-state index contributed by atoms with van der Waals surface area (Å²) >= 11 is 0. The molecule has 1 aromatic carbocycles. The van der Waals surface area contributed by atoms with E-state index in [1.807, 2.05) is 12.1 Å². The van der Waals surface area contributed by atoms with E-state index >= 15 is 0 Å². The number of anilines is 1. The first-order valence-electron chi connectivity index (χ1n) is 5.25. The Kier molecular flexibility index (Phi) is 4.59. The predicted octanol–water partition coefficient (Wildman–Crippen LogP) is 1.58. The molecule has 0 saturated heterocycles. The van der Waals surface area contributed by atoms with Gasteiger partial charge in [0.1, 0.15) is 0 Å². The maximum absolute atomic E-state index is 8.91. The number of hydrogen-bond acceptors (Lipinski definition) is 3. The van der Waals surface area contributed by atoms with Gasteiger partial charge in [-0.15, -0.1) is 0 Å². The Labute approximate surface area is 90.8 Å². The lowest BCUT2D eigenvalue weighted by Crippen LogP contribution is -2.27. The lowest BCUT2D eigenvalue weighted by atomic mass is 10.0. The second-order valence-corrected chi connectivity index (χ2v) is 3.98. The molecule has 0 fully saturated rings. The number of hydrogen-bond donors (Lipinski definition) is 3. The van der Waals surface area contributed by atoms with Gasteiger partial charge in [0.15, 0.2) is 0 Å². The van der Waals surface area contributed by atoms with E-state index in [0.29, 0.717) is 5.92 Å². The van der Waals surface area contributed by atoms with Crippen molar-refractivity contribution < 1.29 is 10.2 Å². The largest absolute Gasteiger partial charge is 0.394 e. The maximum Gasteiger partial charge on any atom is 0.0723 e.